The largest absolute Gasteiger partial charge is 0.480 e. The molecule has 39 heavy (non-hydrogen) atoms. The molecule has 208 valence electrons. The average Bonchev–Trinajstić information content (AvgIpc) is 3.55. The van der Waals surface area contributed by atoms with Crippen LogP contribution in [0.4, 0.5) is 0 Å². The predicted octanol–water partition coefficient (Wildman–Crippen LogP) is -0.424. The number of pyridine rings is 2. The van der Waals surface area contributed by atoms with Gasteiger partial charge < -0.3 is 30.6 Å². The van der Waals surface area contributed by atoms with E-state index in [1.165, 1.54) is 12.4 Å². The summed E-state index contributed by atoms with van der Waals surface area (Å²) in [6.07, 6.45) is -0.481. The maximum absolute atomic E-state index is 11.0. The van der Waals surface area contributed by atoms with Crippen LogP contribution in [0.3, 0.4) is 0 Å². The first-order valence-electron chi connectivity index (χ1n) is 11.3. The van der Waals surface area contributed by atoms with Gasteiger partial charge in [-0.15, -0.1) is 0 Å². The first kappa shape index (κ1) is 31.2. The number of aliphatic hydroxyl groups is 2. The quantitative estimate of drug-likeness (QED) is 0.217. The van der Waals surface area contributed by atoms with E-state index in [-0.39, 0.29) is 41.3 Å². The molecular formula is C24H24FeN4O10. The van der Waals surface area contributed by atoms with Crippen molar-refractivity contribution in [2.24, 2.45) is 21.8 Å². The molecule has 0 radical (unpaired) electrons. The fraction of sp³-hybridized carbons (Fsp3) is 0.333. The number of hydrogen-bond acceptors (Lipinski definition) is 10. The van der Waals surface area contributed by atoms with E-state index in [9.17, 15) is 29.4 Å². The smallest absolute Gasteiger partial charge is 0.333 e. The van der Waals surface area contributed by atoms with Crippen LogP contribution in [0.1, 0.15) is 24.2 Å². The molecule has 0 aromatic carbocycles. The third-order valence-electron chi connectivity index (χ3n) is 5.94. The van der Waals surface area contributed by atoms with Crippen LogP contribution in [-0.4, -0.2) is 100 Å². The molecule has 2 aliphatic rings. The van der Waals surface area contributed by atoms with Gasteiger partial charge in [0.2, 0.25) is 0 Å². The van der Waals surface area contributed by atoms with E-state index in [4.69, 9.17) is 20.4 Å². The molecule has 2 aromatic heterocycles. The van der Waals surface area contributed by atoms with Crippen LogP contribution in [0, 0.1) is 11.8 Å². The molecule has 6 N–H and O–H groups in total. The van der Waals surface area contributed by atoms with Gasteiger partial charge in [0, 0.05) is 41.3 Å². The standard InChI is InChI=1S/2C12H12N2O5.Fe/c2*15-10(12(18)19)6-5-8(11(16)17)14-9(6)7-3-1-2-4-13-7;/h2*1-4,6,8,10,15H,5H2,(H,16,17)(H,18,19);. The number of rotatable bonds is 8. The van der Waals surface area contributed by atoms with Gasteiger partial charge >= 0.3 is 23.9 Å². The maximum atomic E-state index is 11.0. The second-order valence-corrected chi connectivity index (χ2v) is 8.42. The van der Waals surface area contributed by atoms with Crippen LogP contribution in [0.5, 0.6) is 0 Å². The minimum Gasteiger partial charge on any atom is -0.480 e. The molecule has 0 spiro atoms. The minimum absolute atomic E-state index is 0. The minimum atomic E-state index is -1.69. The van der Waals surface area contributed by atoms with Crippen LogP contribution >= 0.6 is 0 Å². The molecule has 0 fully saturated rings. The van der Waals surface area contributed by atoms with Gasteiger partial charge in [-0.3, -0.25) is 20.0 Å². The monoisotopic (exact) mass is 584 g/mol. The summed E-state index contributed by atoms with van der Waals surface area (Å²) in [6, 6.07) is 7.83. The van der Waals surface area contributed by atoms with Crippen molar-refractivity contribution in [3.8, 4) is 0 Å². The summed E-state index contributed by atoms with van der Waals surface area (Å²) in [7, 11) is 0. The van der Waals surface area contributed by atoms with Crippen LogP contribution < -0.4 is 0 Å². The second kappa shape index (κ2) is 13.7. The number of carboxylic acid groups (broad SMARTS) is 4. The van der Waals surface area contributed by atoms with Gasteiger partial charge in [-0.25, -0.2) is 19.2 Å². The summed E-state index contributed by atoms with van der Waals surface area (Å²) in [4.78, 5) is 59.6. The Kier molecular flexibility index (Phi) is 10.9. The molecule has 14 nitrogen and oxygen atoms in total. The molecule has 2 aromatic rings. The zero-order valence-corrected chi connectivity index (χ0v) is 21.1. The molecule has 2 aliphatic heterocycles. The van der Waals surface area contributed by atoms with E-state index in [0.717, 1.165) is 0 Å². The summed E-state index contributed by atoms with van der Waals surface area (Å²) in [5.41, 5.74) is 1.22. The fourth-order valence-corrected chi connectivity index (χ4v) is 4.09. The Morgan fingerprint density at radius 2 is 1.03 bits per heavy atom. The van der Waals surface area contributed by atoms with Crippen molar-refractivity contribution in [3.63, 3.8) is 0 Å². The van der Waals surface area contributed by atoms with E-state index < -0.39 is 60.0 Å². The van der Waals surface area contributed by atoms with Crippen molar-refractivity contribution in [1.82, 2.24) is 9.97 Å². The van der Waals surface area contributed by atoms with Crippen LogP contribution in [0.15, 0.2) is 58.8 Å². The molecule has 0 saturated carbocycles. The number of carboxylic acids is 4. The predicted molar refractivity (Wildman–Crippen MR) is 128 cm³/mol. The Morgan fingerprint density at radius 3 is 1.28 bits per heavy atom. The average molecular weight is 584 g/mol. The van der Waals surface area contributed by atoms with Crippen molar-refractivity contribution in [1.29, 1.82) is 0 Å². The van der Waals surface area contributed by atoms with Crippen molar-refractivity contribution in [2.75, 3.05) is 0 Å². The fourth-order valence-electron chi connectivity index (χ4n) is 4.09. The van der Waals surface area contributed by atoms with Gasteiger partial charge in [-0.2, -0.15) is 0 Å². The van der Waals surface area contributed by atoms with Gasteiger partial charge in [0.1, 0.15) is 12.1 Å². The zero-order chi connectivity index (χ0) is 28.0. The Balaban J connectivity index is 0.000000267. The number of carbonyl (C=O) groups is 4. The van der Waals surface area contributed by atoms with Crippen molar-refractivity contribution < 1.29 is 66.9 Å². The van der Waals surface area contributed by atoms with Gasteiger partial charge in [-0.1, -0.05) is 12.1 Å². The van der Waals surface area contributed by atoms with E-state index >= 15 is 0 Å². The molecule has 6 atom stereocenters. The van der Waals surface area contributed by atoms with Gasteiger partial charge in [0.05, 0.1) is 22.8 Å². The maximum Gasteiger partial charge on any atom is 0.333 e. The normalized spacial score (nSPS) is 23.1. The Morgan fingerprint density at radius 1 is 0.667 bits per heavy atom. The Bertz CT molecular complexity index is 1160. The van der Waals surface area contributed by atoms with Crippen molar-refractivity contribution >= 4 is 35.3 Å². The first-order valence-corrected chi connectivity index (χ1v) is 11.3. The van der Waals surface area contributed by atoms with E-state index in [1.54, 1.807) is 36.4 Å². The van der Waals surface area contributed by atoms with Crippen LogP contribution in [0.2, 0.25) is 0 Å². The Hall–Kier alpha value is -4.04. The summed E-state index contributed by atoms with van der Waals surface area (Å²) >= 11 is 0. The zero-order valence-electron chi connectivity index (χ0n) is 20.0. The first-order chi connectivity index (χ1) is 18.0. The van der Waals surface area contributed by atoms with Gasteiger partial charge in [-0.05, 0) is 37.1 Å². The summed E-state index contributed by atoms with van der Waals surface area (Å²) in [5.74, 6) is -6.83. The SMILES string of the molecule is O=C(O)C1CC(C(O)C(=O)O)C(c2ccccn2)=N1.O=C(O)C1CC(C(O)C(=O)O)C(c2ccccn2)=N1.[Fe]. The molecule has 4 heterocycles. The van der Waals surface area contributed by atoms with Crippen LogP contribution in [-0.2, 0) is 36.2 Å². The van der Waals surface area contributed by atoms with E-state index in [2.05, 4.69) is 20.0 Å². The van der Waals surface area contributed by atoms with Crippen LogP contribution in [0.25, 0.3) is 0 Å². The van der Waals surface area contributed by atoms with E-state index in [0.29, 0.717) is 11.4 Å². The molecular weight excluding hydrogens is 560 g/mol. The molecule has 0 amide bonds. The van der Waals surface area contributed by atoms with Crippen molar-refractivity contribution in [2.45, 2.75) is 37.1 Å². The second-order valence-electron chi connectivity index (χ2n) is 8.42. The van der Waals surface area contributed by atoms with Crippen molar-refractivity contribution in [3.05, 3.63) is 60.2 Å². The summed E-state index contributed by atoms with van der Waals surface area (Å²) < 4.78 is 0. The summed E-state index contributed by atoms with van der Waals surface area (Å²) in [6.45, 7) is 0. The molecule has 4 rings (SSSR count). The number of aliphatic hydroxyl groups excluding tert-OH is 2. The molecule has 15 heteroatoms. The summed E-state index contributed by atoms with van der Waals surface area (Å²) in [5, 5.41) is 55.0. The molecule has 6 unspecified atom stereocenters. The number of aliphatic imine (C=N–C) groups is 2. The Labute approximate surface area is 231 Å². The number of aromatic nitrogens is 2. The molecule has 0 bridgehead atoms. The number of nitrogens with zero attached hydrogens (tertiary/aromatic N) is 4. The van der Waals surface area contributed by atoms with E-state index in [1.807, 2.05) is 0 Å². The van der Waals surface area contributed by atoms with Gasteiger partial charge in [0.25, 0.3) is 0 Å². The topological polar surface area (TPSA) is 240 Å². The molecule has 0 saturated heterocycles. The molecule has 0 aliphatic carbocycles. The van der Waals surface area contributed by atoms with Gasteiger partial charge in [0.15, 0.2) is 12.2 Å². The number of aliphatic carboxylic acids is 4. The third-order valence-corrected chi connectivity index (χ3v) is 5.94. The third kappa shape index (κ3) is 7.51. The number of hydrogen-bond donors (Lipinski definition) is 6.